The number of pyridine rings is 1. The highest BCUT2D eigenvalue weighted by atomic mass is 19.1. The first-order valence-electron chi connectivity index (χ1n) is 9.09. The number of hydrogen-bond donors (Lipinski definition) is 2. The summed E-state index contributed by atoms with van der Waals surface area (Å²) in [5, 5.41) is 5.20. The fourth-order valence-electron chi connectivity index (χ4n) is 2.68. The van der Waals surface area contributed by atoms with E-state index >= 15 is 0 Å². The van der Waals surface area contributed by atoms with Crippen molar-refractivity contribution in [2.75, 3.05) is 17.2 Å². The van der Waals surface area contributed by atoms with Crippen molar-refractivity contribution < 1.29 is 18.7 Å². The Morgan fingerprint density at radius 3 is 2.55 bits per heavy atom. The highest BCUT2D eigenvalue weighted by Crippen LogP contribution is 2.24. The van der Waals surface area contributed by atoms with Gasteiger partial charge in [0, 0.05) is 6.20 Å². The van der Waals surface area contributed by atoms with Gasteiger partial charge in [0.1, 0.15) is 17.3 Å². The molecule has 1 aromatic heterocycles. The van der Waals surface area contributed by atoms with Crippen LogP contribution in [0.2, 0.25) is 0 Å². The van der Waals surface area contributed by atoms with Gasteiger partial charge in [-0.2, -0.15) is 0 Å². The van der Waals surface area contributed by atoms with Gasteiger partial charge < -0.3 is 15.4 Å². The molecular weight excluding hydrogens is 373 g/mol. The molecule has 3 aromatic rings. The maximum Gasteiger partial charge on any atom is 0.274 e. The fraction of sp³-hybridized carbons (Fsp3) is 0.136. The summed E-state index contributed by atoms with van der Waals surface area (Å²) >= 11 is 0. The van der Waals surface area contributed by atoms with Gasteiger partial charge in [-0.25, -0.2) is 4.39 Å². The van der Waals surface area contributed by atoms with Crippen LogP contribution in [-0.4, -0.2) is 23.4 Å². The number of ether oxygens (including phenoxy) is 1. The minimum atomic E-state index is -0.548. The second-order valence-electron chi connectivity index (χ2n) is 6.16. The second-order valence-corrected chi connectivity index (χ2v) is 6.16. The quantitative estimate of drug-likeness (QED) is 0.635. The molecule has 0 atom stereocenters. The Morgan fingerprint density at radius 1 is 1.00 bits per heavy atom. The van der Waals surface area contributed by atoms with E-state index in [2.05, 4.69) is 15.6 Å². The van der Waals surface area contributed by atoms with E-state index in [1.807, 2.05) is 25.1 Å². The first-order valence-corrected chi connectivity index (χ1v) is 9.09. The molecule has 148 valence electrons. The van der Waals surface area contributed by atoms with Gasteiger partial charge in [0.05, 0.1) is 11.4 Å². The van der Waals surface area contributed by atoms with Crippen molar-refractivity contribution in [2.45, 2.75) is 13.3 Å². The number of amides is 2. The molecule has 0 fully saturated rings. The molecule has 0 bridgehead atoms. The van der Waals surface area contributed by atoms with Crippen molar-refractivity contribution in [3.05, 3.63) is 83.9 Å². The topological polar surface area (TPSA) is 80.3 Å². The lowest BCUT2D eigenvalue weighted by molar-refractivity contribution is -0.118. The number of para-hydroxylation sites is 1. The summed E-state index contributed by atoms with van der Waals surface area (Å²) < 4.78 is 19.3. The molecule has 29 heavy (non-hydrogen) atoms. The number of hydrogen-bond acceptors (Lipinski definition) is 4. The number of anilines is 2. The molecule has 0 aliphatic heterocycles. The molecule has 0 saturated heterocycles. The maximum absolute atomic E-state index is 13.7. The number of aromatic nitrogens is 1. The Kier molecular flexibility index (Phi) is 6.52. The second kappa shape index (κ2) is 9.45. The Hall–Kier alpha value is -3.74. The first kappa shape index (κ1) is 20.0. The van der Waals surface area contributed by atoms with Crippen LogP contribution in [0.1, 0.15) is 23.0 Å². The zero-order valence-electron chi connectivity index (χ0n) is 15.8. The van der Waals surface area contributed by atoms with Crippen LogP contribution >= 0.6 is 0 Å². The van der Waals surface area contributed by atoms with Crippen LogP contribution in [-0.2, 0) is 11.2 Å². The summed E-state index contributed by atoms with van der Waals surface area (Å²) in [6.07, 6.45) is 2.26. The monoisotopic (exact) mass is 393 g/mol. The molecule has 0 aliphatic rings. The van der Waals surface area contributed by atoms with Crippen LogP contribution < -0.4 is 15.4 Å². The van der Waals surface area contributed by atoms with E-state index < -0.39 is 17.6 Å². The molecule has 6 nitrogen and oxygen atoms in total. The summed E-state index contributed by atoms with van der Waals surface area (Å²) in [7, 11) is 0. The highest BCUT2D eigenvalue weighted by molar-refractivity contribution is 6.06. The van der Waals surface area contributed by atoms with Crippen molar-refractivity contribution in [1.82, 2.24) is 4.98 Å². The maximum atomic E-state index is 13.7. The van der Waals surface area contributed by atoms with E-state index in [1.165, 1.54) is 18.3 Å². The van der Waals surface area contributed by atoms with Crippen LogP contribution in [0.4, 0.5) is 15.8 Å². The lowest BCUT2D eigenvalue weighted by Crippen LogP contribution is -2.22. The molecule has 2 amide bonds. The largest absolute Gasteiger partial charge is 0.483 e. The Balaban J connectivity index is 1.69. The van der Waals surface area contributed by atoms with Crippen molar-refractivity contribution >= 4 is 23.2 Å². The Morgan fingerprint density at radius 2 is 1.79 bits per heavy atom. The van der Waals surface area contributed by atoms with Gasteiger partial charge in [0.25, 0.3) is 11.8 Å². The molecule has 3 rings (SSSR count). The standard InChI is InChI=1S/C22H20FN3O3/c1-2-15-7-3-4-9-20(15)29-14-21(27)25-19-13-16(23)10-11-17(19)26-22(28)18-8-5-6-12-24-18/h3-13H,2,14H2,1H3,(H,25,27)(H,26,28). The predicted molar refractivity (Wildman–Crippen MR) is 109 cm³/mol. The van der Waals surface area contributed by atoms with Crippen molar-refractivity contribution in [1.29, 1.82) is 0 Å². The van der Waals surface area contributed by atoms with Gasteiger partial charge in [-0.15, -0.1) is 0 Å². The molecule has 2 aromatic carbocycles. The van der Waals surface area contributed by atoms with E-state index in [-0.39, 0.29) is 23.7 Å². The van der Waals surface area contributed by atoms with Crippen molar-refractivity contribution in [2.24, 2.45) is 0 Å². The van der Waals surface area contributed by atoms with Crippen LogP contribution in [0.15, 0.2) is 66.9 Å². The van der Waals surface area contributed by atoms with Gasteiger partial charge in [-0.05, 0) is 48.4 Å². The zero-order valence-corrected chi connectivity index (χ0v) is 15.8. The average Bonchev–Trinajstić information content (AvgIpc) is 2.75. The SMILES string of the molecule is CCc1ccccc1OCC(=O)Nc1cc(F)ccc1NC(=O)c1ccccn1. The normalized spacial score (nSPS) is 10.3. The predicted octanol–water partition coefficient (Wildman–Crippen LogP) is 4.05. The van der Waals surface area contributed by atoms with E-state index in [9.17, 15) is 14.0 Å². The third kappa shape index (κ3) is 5.38. The Labute approximate surface area is 167 Å². The molecule has 0 spiro atoms. The number of carbonyl (C=O) groups is 2. The third-order valence-corrected chi connectivity index (χ3v) is 4.11. The molecule has 0 saturated carbocycles. The van der Waals surface area contributed by atoms with Gasteiger partial charge >= 0.3 is 0 Å². The minimum Gasteiger partial charge on any atom is -0.483 e. The zero-order chi connectivity index (χ0) is 20.6. The first-order chi connectivity index (χ1) is 14.1. The third-order valence-electron chi connectivity index (χ3n) is 4.11. The highest BCUT2D eigenvalue weighted by Gasteiger charge is 2.14. The molecule has 0 unspecified atom stereocenters. The summed E-state index contributed by atoms with van der Waals surface area (Å²) in [4.78, 5) is 28.6. The van der Waals surface area contributed by atoms with Gasteiger partial charge in [0.15, 0.2) is 6.61 Å². The number of rotatable bonds is 7. The summed E-state index contributed by atoms with van der Waals surface area (Å²) in [6.45, 7) is 1.74. The molecule has 2 N–H and O–H groups in total. The van der Waals surface area contributed by atoms with E-state index in [1.54, 1.807) is 24.3 Å². The molecule has 0 radical (unpaired) electrons. The minimum absolute atomic E-state index is 0.131. The smallest absolute Gasteiger partial charge is 0.274 e. The van der Waals surface area contributed by atoms with Crippen LogP contribution in [0.5, 0.6) is 5.75 Å². The molecular formula is C22H20FN3O3. The lowest BCUT2D eigenvalue weighted by Gasteiger charge is -2.14. The van der Waals surface area contributed by atoms with Gasteiger partial charge in [0.2, 0.25) is 0 Å². The van der Waals surface area contributed by atoms with Crippen LogP contribution in [0.25, 0.3) is 0 Å². The number of halogens is 1. The van der Waals surface area contributed by atoms with Gasteiger partial charge in [-0.3, -0.25) is 14.6 Å². The fourth-order valence-corrected chi connectivity index (χ4v) is 2.68. The lowest BCUT2D eigenvalue weighted by atomic mass is 10.1. The van der Waals surface area contributed by atoms with Gasteiger partial charge in [-0.1, -0.05) is 31.2 Å². The number of carbonyl (C=O) groups excluding carboxylic acids is 2. The van der Waals surface area contributed by atoms with E-state index in [0.717, 1.165) is 18.1 Å². The van der Waals surface area contributed by atoms with E-state index in [4.69, 9.17) is 4.74 Å². The van der Waals surface area contributed by atoms with Crippen LogP contribution in [0.3, 0.4) is 0 Å². The Bertz CT molecular complexity index is 1010. The molecule has 1 heterocycles. The van der Waals surface area contributed by atoms with Crippen molar-refractivity contribution in [3.8, 4) is 5.75 Å². The average molecular weight is 393 g/mol. The number of nitrogens with zero attached hydrogens (tertiary/aromatic N) is 1. The van der Waals surface area contributed by atoms with Crippen LogP contribution in [0, 0.1) is 5.82 Å². The number of nitrogens with one attached hydrogen (secondary N) is 2. The summed E-state index contributed by atoms with van der Waals surface area (Å²) in [6, 6.07) is 16.0. The number of aryl methyl sites for hydroxylation is 1. The number of benzene rings is 2. The summed E-state index contributed by atoms with van der Waals surface area (Å²) in [5.74, 6) is -0.878. The molecule has 7 heteroatoms. The van der Waals surface area contributed by atoms with Crippen molar-refractivity contribution in [3.63, 3.8) is 0 Å². The molecule has 0 aliphatic carbocycles. The summed E-state index contributed by atoms with van der Waals surface area (Å²) in [5.41, 5.74) is 1.57. The van der Waals surface area contributed by atoms with E-state index in [0.29, 0.717) is 5.75 Å².